The summed E-state index contributed by atoms with van der Waals surface area (Å²) < 4.78 is 5.41. The Balaban J connectivity index is 1.68. The van der Waals surface area contributed by atoms with E-state index < -0.39 is 5.97 Å². The van der Waals surface area contributed by atoms with Crippen molar-refractivity contribution in [2.45, 2.75) is 63.5 Å². The molecule has 0 aromatic rings. The molecule has 0 amide bonds. The van der Waals surface area contributed by atoms with Crippen molar-refractivity contribution >= 4 is 5.97 Å². The average molecular weight is 299 g/mol. The van der Waals surface area contributed by atoms with E-state index in [2.05, 4.69) is 4.90 Å². The van der Waals surface area contributed by atoms with Crippen molar-refractivity contribution in [3.63, 3.8) is 0 Å². The number of rotatable bonds is 8. The maximum absolute atomic E-state index is 10.5. The van der Waals surface area contributed by atoms with Crippen molar-refractivity contribution in [1.82, 2.24) is 4.90 Å². The number of carboxylic acid groups (broad SMARTS) is 1. The van der Waals surface area contributed by atoms with Crippen LogP contribution in [0.5, 0.6) is 0 Å². The van der Waals surface area contributed by atoms with Crippen LogP contribution in [0.3, 0.4) is 0 Å². The molecule has 5 heteroatoms. The summed E-state index contributed by atoms with van der Waals surface area (Å²) in [6.45, 7) is 3.61. The third-order valence-electron chi connectivity index (χ3n) is 4.94. The van der Waals surface area contributed by atoms with Gasteiger partial charge < -0.3 is 14.9 Å². The van der Waals surface area contributed by atoms with Crippen LogP contribution in [0.2, 0.25) is 0 Å². The standard InChI is InChI=1S/C16H29NO4/c18-15-8-7-14(17-9-11-21-12-10-17)13(15)5-3-1-2-4-6-16(19)20/h13-15,18H,1-12H2,(H,19,20)/t13-,14+,15+/m0/s1. The topological polar surface area (TPSA) is 70.0 Å². The first-order valence-electron chi connectivity index (χ1n) is 8.40. The predicted molar refractivity (Wildman–Crippen MR) is 80.2 cm³/mol. The summed E-state index contributed by atoms with van der Waals surface area (Å²) >= 11 is 0. The minimum atomic E-state index is -0.700. The second kappa shape index (κ2) is 8.71. The molecule has 5 nitrogen and oxygen atoms in total. The molecule has 2 N–H and O–H groups in total. The highest BCUT2D eigenvalue weighted by molar-refractivity contribution is 5.66. The van der Waals surface area contributed by atoms with E-state index in [0.29, 0.717) is 12.0 Å². The lowest BCUT2D eigenvalue weighted by Crippen LogP contribution is -2.46. The quantitative estimate of drug-likeness (QED) is 0.670. The number of aliphatic carboxylic acids is 1. The Hall–Kier alpha value is -0.650. The zero-order valence-electron chi connectivity index (χ0n) is 12.9. The largest absolute Gasteiger partial charge is 0.481 e. The van der Waals surface area contributed by atoms with Gasteiger partial charge in [0.05, 0.1) is 19.3 Å². The molecule has 2 rings (SSSR count). The van der Waals surface area contributed by atoms with Crippen LogP contribution >= 0.6 is 0 Å². The van der Waals surface area contributed by atoms with E-state index in [4.69, 9.17) is 9.84 Å². The average Bonchev–Trinajstić information content (AvgIpc) is 2.84. The van der Waals surface area contributed by atoms with E-state index in [1.54, 1.807) is 0 Å². The number of aliphatic hydroxyl groups is 1. The fourth-order valence-corrected chi connectivity index (χ4v) is 3.78. The molecule has 1 aliphatic carbocycles. The SMILES string of the molecule is O=C(O)CCCCCC[C@@H]1[C@H](O)CC[C@H]1N1CCOCC1. The van der Waals surface area contributed by atoms with Gasteiger partial charge in [0.1, 0.15) is 0 Å². The van der Waals surface area contributed by atoms with E-state index >= 15 is 0 Å². The molecular weight excluding hydrogens is 270 g/mol. The maximum atomic E-state index is 10.5. The minimum Gasteiger partial charge on any atom is -0.481 e. The minimum absolute atomic E-state index is 0.156. The van der Waals surface area contributed by atoms with Crippen LogP contribution in [0.1, 0.15) is 51.4 Å². The Morgan fingerprint density at radius 1 is 1.10 bits per heavy atom. The zero-order chi connectivity index (χ0) is 15.1. The highest BCUT2D eigenvalue weighted by atomic mass is 16.5. The molecule has 0 unspecified atom stereocenters. The Bertz CT molecular complexity index is 317. The number of carboxylic acids is 1. The van der Waals surface area contributed by atoms with Gasteiger partial charge in [0.15, 0.2) is 0 Å². The molecule has 3 atom stereocenters. The van der Waals surface area contributed by atoms with Crippen molar-refractivity contribution in [3.05, 3.63) is 0 Å². The Morgan fingerprint density at radius 2 is 1.81 bits per heavy atom. The molecule has 21 heavy (non-hydrogen) atoms. The van der Waals surface area contributed by atoms with Gasteiger partial charge in [0.2, 0.25) is 0 Å². The summed E-state index contributed by atoms with van der Waals surface area (Å²) in [4.78, 5) is 12.9. The lowest BCUT2D eigenvalue weighted by atomic mass is 9.93. The Morgan fingerprint density at radius 3 is 2.52 bits per heavy atom. The normalized spacial score (nSPS) is 30.6. The van der Waals surface area contributed by atoms with Gasteiger partial charge in [-0.25, -0.2) is 0 Å². The molecule has 122 valence electrons. The van der Waals surface area contributed by atoms with Crippen molar-refractivity contribution < 1.29 is 19.7 Å². The molecule has 0 radical (unpaired) electrons. The first-order chi connectivity index (χ1) is 10.2. The smallest absolute Gasteiger partial charge is 0.303 e. The van der Waals surface area contributed by atoms with Gasteiger partial charge in [-0.15, -0.1) is 0 Å². The zero-order valence-corrected chi connectivity index (χ0v) is 12.9. The Labute approximate surface area is 127 Å². The maximum Gasteiger partial charge on any atom is 0.303 e. The Kier molecular flexibility index (Phi) is 6.93. The van der Waals surface area contributed by atoms with Gasteiger partial charge in [0, 0.05) is 31.5 Å². The number of aliphatic hydroxyl groups excluding tert-OH is 1. The second-order valence-corrected chi connectivity index (χ2v) is 6.37. The fraction of sp³-hybridized carbons (Fsp3) is 0.938. The lowest BCUT2D eigenvalue weighted by Gasteiger charge is -2.36. The van der Waals surface area contributed by atoms with Gasteiger partial charge in [-0.3, -0.25) is 9.69 Å². The van der Waals surface area contributed by atoms with Crippen LogP contribution in [-0.4, -0.2) is 59.5 Å². The van der Waals surface area contributed by atoms with Crippen LogP contribution in [0.25, 0.3) is 0 Å². The monoisotopic (exact) mass is 299 g/mol. The van der Waals surface area contributed by atoms with Crippen molar-refractivity contribution in [1.29, 1.82) is 0 Å². The molecule has 0 spiro atoms. The summed E-state index contributed by atoms with van der Waals surface area (Å²) in [6, 6.07) is 0.517. The van der Waals surface area contributed by atoms with Crippen LogP contribution in [0.4, 0.5) is 0 Å². The van der Waals surface area contributed by atoms with Crippen LogP contribution in [0.15, 0.2) is 0 Å². The molecule has 2 fully saturated rings. The number of hydrogen-bond donors (Lipinski definition) is 2. The van der Waals surface area contributed by atoms with Gasteiger partial charge in [-0.2, -0.15) is 0 Å². The third-order valence-corrected chi connectivity index (χ3v) is 4.94. The molecule has 2 aliphatic rings. The van der Waals surface area contributed by atoms with E-state index in [1.165, 1.54) is 0 Å². The predicted octanol–water partition coefficient (Wildman–Crippen LogP) is 1.88. The molecule has 1 saturated heterocycles. The molecule has 0 aromatic carbocycles. The first kappa shape index (κ1) is 16.7. The van der Waals surface area contributed by atoms with Crippen molar-refractivity contribution in [2.24, 2.45) is 5.92 Å². The number of morpholine rings is 1. The highest BCUT2D eigenvalue weighted by Gasteiger charge is 2.38. The van der Waals surface area contributed by atoms with E-state index in [0.717, 1.165) is 71.2 Å². The van der Waals surface area contributed by atoms with E-state index in [1.807, 2.05) is 0 Å². The molecule has 0 aromatic heterocycles. The summed E-state index contributed by atoms with van der Waals surface area (Å²) in [7, 11) is 0. The summed E-state index contributed by atoms with van der Waals surface area (Å²) in [5.74, 6) is -0.309. The molecule has 1 saturated carbocycles. The summed E-state index contributed by atoms with van der Waals surface area (Å²) in [5.41, 5.74) is 0. The summed E-state index contributed by atoms with van der Waals surface area (Å²) in [6.07, 6.45) is 7.15. The van der Waals surface area contributed by atoms with E-state index in [-0.39, 0.29) is 12.5 Å². The molecule has 1 heterocycles. The number of ether oxygens (including phenoxy) is 1. The number of hydrogen-bond acceptors (Lipinski definition) is 4. The highest BCUT2D eigenvalue weighted by Crippen LogP contribution is 2.34. The molecule has 0 bridgehead atoms. The third kappa shape index (κ3) is 5.24. The molecular formula is C16H29NO4. The van der Waals surface area contributed by atoms with Gasteiger partial charge in [-0.1, -0.05) is 19.3 Å². The fourth-order valence-electron chi connectivity index (χ4n) is 3.78. The second-order valence-electron chi connectivity index (χ2n) is 6.37. The van der Waals surface area contributed by atoms with Crippen LogP contribution in [0, 0.1) is 5.92 Å². The lowest BCUT2D eigenvalue weighted by molar-refractivity contribution is -0.137. The van der Waals surface area contributed by atoms with Gasteiger partial charge in [0.25, 0.3) is 0 Å². The van der Waals surface area contributed by atoms with Crippen LogP contribution in [-0.2, 0) is 9.53 Å². The van der Waals surface area contributed by atoms with Gasteiger partial charge >= 0.3 is 5.97 Å². The first-order valence-corrected chi connectivity index (χ1v) is 8.40. The number of unbranched alkanes of at least 4 members (excludes halogenated alkanes) is 3. The molecule has 1 aliphatic heterocycles. The van der Waals surface area contributed by atoms with Gasteiger partial charge in [-0.05, 0) is 25.7 Å². The number of nitrogens with zero attached hydrogens (tertiary/aromatic N) is 1. The van der Waals surface area contributed by atoms with Crippen molar-refractivity contribution in [3.8, 4) is 0 Å². The number of carbonyl (C=O) groups is 1. The van der Waals surface area contributed by atoms with E-state index in [9.17, 15) is 9.90 Å². The summed E-state index contributed by atoms with van der Waals surface area (Å²) in [5, 5.41) is 18.8. The van der Waals surface area contributed by atoms with Crippen LogP contribution < -0.4 is 0 Å². The van der Waals surface area contributed by atoms with Crippen molar-refractivity contribution in [2.75, 3.05) is 26.3 Å².